The first-order valence-corrected chi connectivity index (χ1v) is 7.71. The van der Waals surface area contributed by atoms with Crippen molar-refractivity contribution in [1.29, 1.82) is 0 Å². The zero-order chi connectivity index (χ0) is 13.2. The Morgan fingerprint density at radius 2 is 1.67 bits per heavy atom. The molecule has 2 heteroatoms. The molecule has 0 aromatic heterocycles. The smallest absolute Gasteiger partial charge is 0.321 e. The average molecular weight is 252 g/mol. The minimum Gasteiger partial charge on any atom is -0.430 e. The summed E-state index contributed by atoms with van der Waals surface area (Å²) in [6, 6.07) is 0. The molecule has 0 amide bonds. The molecule has 0 aromatic rings. The number of hydrogen-bond donors (Lipinski definition) is 0. The number of rotatable bonds is 10. The molecular weight excluding hydrogens is 224 g/mol. The molecule has 1 heterocycles. The molecule has 0 saturated carbocycles. The summed E-state index contributed by atoms with van der Waals surface area (Å²) in [5.74, 6) is 1.03. The summed E-state index contributed by atoms with van der Waals surface area (Å²) < 4.78 is 5.14. The Morgan fingerprint density at radius 3 is 2.28 bits per heavy atom. The number of unbranched alkanes of at least 4 members (excludes halogenated alkanes) is 7. The largest absolute Gasteiger partial charge is 0.430 e. The van der Waals surface area contributed by atoms with Crippen LogP contribution in [0.4, 0.5) is 0 Å². The third kappa shape index (κ3) is 5.24. The summed E-state index contributed by atoms with van der Waals surface area (Å²) in [7, 11) is 0. The van der Waals surface area contributed by atoms with Gasteiger partial charge in [0.1, 0.15) is 11.7 Å². The lowest BCUT2D eigenvalue weighted by Gasteiger charge is -2.28. The van der Waals surface area contributed by atoms with Gasteiger partial charge in [-0.05, 0) is 25.3 Å². The quantitative estimate of drug-likeness (QED) is 0.404. The van der Waals surface area contributed by atoms with Gasteiger partial charge < -0.3 is 4.74 Å². The summed E-state index contributed by atoms with van der Waals surface area (Å²) in [4.78, 5) is 11.4. The van der Waals surface area contributed by atoms with Crippen molar-refractivity contribution in [3.8, 4) is 0 Å². The van der Waals surface area contributed by atoms with Gasteiger partial charge in [-0.1, -0.05) is 58.8 Å². The molecule has 2 nitrogen and oxygen atoms in total. The zero-order valence-electron chi connectivity index (χ0n) is 12.0. The molecule has 0 bridgehead atoms. The number of carbonyl (C=O) groups excluding carboxylic acids is 1. The van der Waals surface area contributed by atoms with Crippen molar-refractivity contribution in [3.05, 3.63) is 11.8 Å². The van der Waals surface area contributed by atoms with Gasteiger partial charge in [-0.3, -0.25) is 4.79 Å². The van der Waals surface area contributed by atoms with E-state index in [0.717, 1.165) is 25.0 Å². The molecule has 104 valence electrons. The van der Waals surface area contributed by atoms with Crippen LogP contribution in [0.1, 0.15) is 78.1 Å². The Morgan fingerprint density at radius 1 is 1.00 bits per heavy atom. The molecule has 1 aliphatic heterocycles. The number of hydrogen-bond acceptors (Lipinski definition) is 2. The number of ether oxygens (including phenoxy) is 1. The maximum absolute atomic E-state index is 11.4. The Hall–Kier alpha value is -0.790. The standard InChI is InChI=1S/C16H28O2/c1-3-5-7-9-11-13-15-14(16(17)18-15)12-10-8-6-4-2/h13-14H,3-12H2,1-2H3/b15-13-. The highest BCUT2D eigenvalue weighted by atomic mass is 16.6. The van der Waals surface area contributed by atoms with Crippen LogP contribution >= 0.6 is 0 Å². The van der Waals surface area contributed by atoms with Gasteiger partial charge in [0.05, 0.1) is 0 Å². The van der Waals surface area contributed by atoms with Crippen LogP contribution < -0.4 is 0 Å². The van der Waals surface area contributed by atoms with Crippen LogP contribution in [0.2, 0.25) is 0 Å². The summed E-state index contributed by atoms with van der Waals surface area (Å²) in [6.07, 6.45) is 14.2. The normalized spacial score (nSPS) is 20.9. The molecule has 1 atom stereocenters. The van der Waals surface area contributed by atoms with Gasteiger partial charge in [0.25, 0.3) is 0 Å². The van der Waals surface area contributed by atoms with E-state index in [2.05, 4.69) is 19.9 Å². The van der Waals surface area contributed by atoms with E-state index in [1.165, 1.54) is 44.9 Å². The van der Waals surface area contributed by atoms with E-state index in [0.29, 0.717) is 0 Å². The first-order chi connectivity index (χ1) is 8.79. The highest BCUT2D eigenvalue weighted by molar-refractivity contribution is 5.82. The van der Waals surface area contributed by atoms with Gasteiger partial charge >= 0.3 is 5.97 Å². The molecule has 1 rings (SSSR count). The minimum atomic E-state index is -0.00805. The minimum absolute atomic E-state index is 0.00805. The van der Waals surface area contributed by atoms with Gasteiger partial charge in [-0.15, -0.1) is 0 Å². The Bertz CT molecular complexity index is 268. The molecule has 1 saturated heterocycles. The molecule has 1 unspecified atom stereocenters. The van der Waals surface area contributed by atoms with Crippen LogP contribution in [0.25, 0.3) is 0 Å². The second-order valence-electron chi connectivity index (χ2n) is 5.28. The third-order valence-electron chi connectivity index (χ3n) is 3.60. The lowest BCUT2D eigenvalue weighted by Crippen LogP contribution is -2.32. The molecule has 0 aromatic carbocycles. The Labute approximate surface area is 112 Å². The molecule has 1 fully saturated rings. The fourth-order valence-corrected chi connectivity index (χ4v) is 2.35. The van der Waals surface area contributed by atoms with Crippen molar-refractivity contribution in [2.45, 2.75) is 78.1 Å². The Kier molecular flexibility index (Phi) is 7.79. The van der Waals surface area contributed by atoms with Crippen LogP contribution in [0, 0.1) is 5.92 Å². The van der Waals surface area contributed by atoms with Crippen LogP contribution in [0.5, 0.6) is 0 Å². The second kappa shape index (κ2) is 9.18. The van der Waals surface area contributed by atoms with Crippen LogP contribution in [-0.4, -0.2) is 5.97 Å². The topological polar surface area (TPSA) is 26.3 Å². The highest BCUT2D eigenvalue weighted by Gasteiger charge is 2.36. The summed E-state index contributed by atoms with van der Waals surface area (Å²) in [5, 5.41) is 0. The average Bonchev–Trinajstić information content (AvgIpc) is 2.37. The number of esters is 1. The first-order valence-electron chi connectivity index (χ1n) is 7.71. The van der Waals surface area contributed by atoms with Crippen molar-refractivity contribution in [3.63, 3.8) is 0 Å². The SMILES string of the molecule is CCCCCC/C=C1\OC(=O)C1CCCCCC. The molecule has 0 N–H and O–H groups in total. The fraction of sp³-hybridized carbons (Fsp3) is 0.812. The van der Waals surface area contributed by atoms with Crippen molar-refractivity contribution >= 4 is 5.97 Å². The van der Waals surface area contributed by atoms with Crippen LogP contribution in [0.15, 0.2) is 11.8 Å². The van der Waals surface area contributed by atoms with Gasteiger partial charge in [0, 0.05) is 0 Å². The van der Waals surface area contributed by atoms with E-state index in [1.54, 1.807) is 0 Å². The van der Waals surface area contributed by atoms with E-state index in [1.807, 2.05) is 0 Å². The van der Waals surface area contributed by atoms with Gasteiger partial charge in [-0.25, -0.2) is 0 Å². The zero-order valence-corrected chi connectivity index (χ0v) is 12.0. The molecule has 0 spiro atoms. The van der Waals surface area contributed by atoms with E-state index in [4.69, 9.17) is 4.74 Å². The number of allylic oxidation sites excluding steroid dienone is 1. The number of carbonyl (C=O) groups is 1. The summed E-state index contributed by atoms with van der Waals surface area (Å²) in [5.41, 5.74) is 0. The lowest BCUT2D eigenvalue weighted by molar-refractivity contribution is -0.157. The second-order valence-corrected chi connectivity index (χ2v) is 5.28. The predicted octanol–water partition coefficient (Wildman–Crippen LogP) is 4.98. The first kappa shape index (κ1) is 15.3. The van der Waals surface area contributed by atoms with Gasteiger partial charge in [0.15, 0.2) is 0 Å². The van der Waals surface area contributed by atoms with E-state index < -0.39 is 0 Å². The van der Waals surface area contributed by atoms with Crippen molar-refractivity contribution in [2.24, 2.45) is 5.92 Å². The monoisotopic (exact) mass is 252 g/mol. The maximum Gasteiger partial charge on any atom is 0.321 e. The molecule has 18 heavy (non-hydrogen) atoms. The Balaban J connectivity index is 2.16. The van der Waals surface area contributed by atoms with Crippen LogP contribution in [0.3, 0.4) is 0 Å². The molecular formula is C16H28O2. The number of cyclic esters (lactones) is 1. The molecule has 1 aliphatic rings. The van der Waals surface area contributed by atoms with Gasteiger partial charge in [0.2, 0.25) is 0 Å². The fourth-order valence-electron chi connectivity index (χ4n) is 2.35. The van der Waals surface area contributed by atoms with Crippen molar-refractivity contribution < 1.29 is 9.53 Å². The molecule has 0 radical (unpaired) electrons. The third-order valence-corrected chi connectivity index (χ3v) is 3.60. The van der Waals surface area contributed by atoms with Crippen LogP contribution in [-0.2, 0) is 9.53 Å². The predicted molar refractivity (Wildman–Crippen MR) is 75.2 cm³/mol. The van der Waals surface area contributed by atoms with E-state index >= 15 is 0 Å². The highest BCUT2D eigenvalue weighted by Crippen LogP contribution is 2.31. The van der Waals surface area contributed by atoms with E-state index in [-0.39, 0.29) is 11.9 Å². The summed E-state index contributed by atoms with van der Waals surface area (Å²) >= 11 is 0. The molecule has 0 aliphatic carbocycles. The summed E-state index contributed by atoms with van der Waals surface area (Å²) in [6.45, 7) is 4.43. The van der Waals surface area contributed by atoms with Crippen molar-refractivity contribution in [2.75, 3.05) is 0 Å². The lowest BCUT2D eigenvalue weighted by atomic mass is 9.94. The van der Waals surface area contributed by atoms with E-state index in [9.17, 15) is 4.79 Å². The van der Waals surface area contributed by atoms with Gasteiger partial charge in [-0.2, -0.15) is 0 Å². The maximum atomic E-state index is 11.4. The van der Waals surface area contributed by atoms with Crippen molar-refractivity contribution in [1.82, 2.24) is 0 Å².